The van der Waals surface area contributed by atoms with Crippen molar-refractivity contribution in [1.29, 1.82) is 0 Å². The van der Waals surface area contributed by atoms with E-state index in [1.54, 1.807) is 48.5 Å². The van der Waals surface area contributed by atoms with Gasteiger partial charge in [0.15, 0.2) is 0 Å². The van der Waals surface area contributed by atoms with Crippen LogP contribution in [0.3, 0.4) is 0 Å². The minimum absolute atomic E-state index is 0.130. The van der Waals surface area contributed by atoms with E-state index < -0.39 is 0 Å². The van der Waals surface area contributed by atoms with Gasteiger partial charge >= 0.3 is 0 Å². The van der Waals surface area contributed by atoms with Crippen molar-refractivity contribution in [2.45, 2.75) is 6.54 Å². The predicted octanol–water partition coefficient (Wildman–Crippen LogP) is 3.86. The first-order chi connectivity index (χ1) is 12.0. The van der Waals surface area contributed by atoms with E-state index in [2.05, 4.69) is 10.3 Å². The van der Waals surface area contributed by atoms with Crippen LogP contribution >= 0.6 is 23.2 Å². The molecule has 0 radical (unpaired) electrons. The summed E-state index contributed by atoms with van der Waals surface area (Å²) in [6.07, 6.45) is 1.35. The maximum atomic E-state index is 12.2. The largest absolute Gasteiger partial charge is 0.325 e. The average molecular weight is 374 g/mol. The SMILES string of the molecule is O=C(Cn1cnc(-c2ccc(Cl)cc2)cc1=O)Nc1ccc(Cl)cc1. The summed E-state index contributed by atoms with van der Waals surface area (Å²) in [4.78, 5) is 28.5. The number of benzene rings is 2. The summed E-state index contributed by atoms with van der Waals surface area (Å²) in [6, 6.07) is 15.1. The second kappa shape index (κ2) is 7.51. The first kappa shape index (κ1) is 17.2. The summed E-state index contributed by atoms with van der Waals surface area (Å²) in [6.45, 7) is -0.130. The van der Waals surface area contributed by atoms with Gasteiger partial charge in [-0.1, -0.05) is 35.3 Å². The van der Waals surface area contributed by atoms with Crippen LogP contribution in [-0.4, -0.2) is 15.5 Å². The van der Waals surface area contributed by atoms with Gasteiger partial charge in [-0.3, -0.25) is 14.2 Å². The van der Waals surface area contributed by atoms with Gasteiger partial charge in [0.1, 0.15) is 6.54 Å². The summed E-state index contributed by atoms with van der Waals surface area (Å²) >= 11 is 11.6. The Balaban J connectivity index is 1.72. The van der Waals surface area contributed by atoms with E-state index in [9.17, 15) is 9.59 Å². The number of aromatic nitrogens is 2. The molecule has 1 aromatic heterocycles. The lowest BCUT2D eigenvalue weighted by Crippen LogP contribution is -2.27. The summed E-state index contributed by atoms with van der Waals surface area (Å²) in [5, 5.41) is 3.88. The maximum absolute atomic E-state index is 12.2. The topological polar surface area (TPSA) is 64.0 Å². The van der Waals surface area contributed by atoms with Crippen LogP contribution in [0.15, 0.2) is 65.7 Å². The number of hydrogen-bond donors (Lipinski definition) is 1. The average Bonchev–Trinajstić information content (AvgIpc) is 2.59. The molecule has 2 aromatic carbocycles. The van der Waals surface area contributed by atoms with Crippen molar-refractivity contribution < 1.29 is 4.79 Å². The monoisotopic (exact) mass is 373 g/mol. The zero-order chi connectivity index (χ0) is 17.8. The lowest BCUT2D eigenvalue weighted by molar-refractivity contribution is -0.116. The number of hydrogen-bond acceptors (Lipinski definition) is 3. The smallest absolute Gasteiger partial charge is 0.254 e. The van der Waals surface area contributed by atoms with Crippen LogP contribution < -0.4 is 10.9 Å². The van der Waals surface area contributed by atoms with Gasteiger partial charge in [0, 0.05) is 27.4 Å². The minimum Gasteiger partial charge on any atom is -0.325 e. The van der Waals surface area contributed by atoms with Gasteiger partial charge in [0.25, 0.3) is 5.56 Å². The summed E-state index contributed by atoms with van der Waals surface area (Å²) in [5.41, 5.74) is 1.59. The van der Waals surface area contributed by atoms with Gasteiger partial charge in [0.2, 0.25) is 5.91 Å². The number of carbonyl (C=O) groups is 1. The molecule has 5 nitrogen and oxygen atoms in total. The molecule has 0 saturated carbocycles. The van der Waals surface area contributed by atoms with Gasteiger partial charge in [-0.25, -0.2) is 4.98 Å². The van der Waals surface area contributed by atoms with Crippen molar-refractivity contribution in [3.63, 3.8) is 0 Å². The van der Waals surface area contributed by atoms with Crippen LogP contribution in [0, 0.1) is 0 Å². The number of nitrogens with one attached hydrogen (secondary N) is 1. The summed E-state index contributed by atoms with van der Waals surface area (Å²) < 4.78 is 1.24. The highest BCUT2D eigenvalue weighted by Gasteiger charge is 2.08. The molecule has 1 amide bonds. The van der Waals surface area contributed by atoms with Crippen LogP contribution in [0.5, 0.6) is 0 Å². The van der Waals surface area contributed by atoms with Crippen LogP contribution in [0.2, 0.25) is 10.0 Å². The van der Waals surface area contributed by atoms with Gasteiger partial charge in [-0.15, -0.1) is 0 Å². The maximum Gasteiger partial charge on any atom is 0.254 e. The standard InChI is InChI=1S/C18H13Cl2N3O2/c19-13-3-1-12(2-4-13)16-9-18(25)23(11-21-16)10-17(24)22-15-7-5-14(20)6-8-15/h1-9,11H,10H2,(H,22,24). The molecule has 0 fully saturated rings. The number of rotatable bonds is 4. The van der Waals surface area contributed by atoms with Crippen molar-refractivity contribution in [2.24, 2.45) is 0 Å². The van der Waals surface area contributed by atoms with Crippen molar-refractivity contribution in [3.05, 3.63) is 81.3 Å². The number of amides is 1. The van der Waals surface area contributed by atoms with Crippen molar-refractivity contribution >= 4 is 34.8 Å². The predicted molar refractivity (Wildman–Crippen MR) is 99.0 cm³/mol. The van der Waals surface area contributed by atoms with E-state index >= 15 is 0 Å². The molecule has 0 aliphatic heterocycles. The molecule has 0 spiro atoms. The third kappa shape index (κ3) is 4.47. The first-order valence-corrected chi connectivity index (χ1v) is 8.15. The van der Waals surface area contributed by atoms with Crippen molar-refractivity contribution in [2.75, 3.05) is 5.32 Å². The Labute approximate surface area is 153 Å². The molecule has 7 heteroatoms. The van der Waals surface area contributed by atoms with E-state index in [0.717, 1.165) is 5.56 Å². The Hall–Kier alpha value is -2.63. The van der Waals surface area contributed by atoms with Crippen molar-refractivity contribution in [1.82, 2.24) is 9.55 Å². The van der Waals surface area contributed by atoms with Crippen LogP contribution in [0.25, 0.3) is 11.3 Å². The fourth-order valence-electron chi connectivity index (χ4n) is 2.21. The molecule has 1 heterocycles. The first-order valence-electron chi connectivity index (χ1n) is 7.39. The normalized spacial score (nSPS) is 10.5. The molecule has 3 rings (SSSR count). The molecular weight excluding hydrogens is 361 g/mol. The number of halogens is 2. The van der Waals surface area contributed by atoms with Gasteiger partial charge < -0.3 is 5.32 Å². The molecule has 0 bridgehead atoms. The Kier molecular flexibility index (Phi) is 5.16. The Morgan fingerprint density at radius 1 is 1.00 bits per heavy atom. The third-order valence-electron chi connectivity index (χ3n) is 3.46. The molecule has 25 heavy (non-hydrogen) atoms. The molecular formula is C18H13Cl2N3O2. The fraction of sp³-hybridized carbons (Fsp3) is 0.0556. The van der Waals surface area contributed by atoms with E-state index in [1.807, 2.05) is 0 Å². The highest BCUT2D eigenvalue weighted by atomic mass is 35.5. The molecule has 3 aromatic rings. The molecule has 1 N–H and O–H groups in total. The Bertz CT molecular complexity index is 951. The number of carbonyl (C=O) groups excluding carboxylic acids is 1. The molecule has 0 aliphatic rings. The Morgan fingerprint density at radius 2 is 1.60 bits per heavy atom. The van der Waals surface area contributed by atoms with E-state index in [1.165, 1.54) is 17.0 Å². The molecule has 0 saturated heterocycles. The quantitative estimate of drug-likeness (QED) is 0.755. The molecule has 0 atom stereocenters. The molecule has 0 aliphatic carbocycles. The number of nitrogens with zero attached hydrogens (tertiary/aromatic N) is 2. The Morgan fingerprint density at radius 3 is 2.20 bits per heavy atom. The van der Waals surface area contributed by atoms with Crippen molar-refractivity contribution in [3.8, 4) is 11.3 Å². The highest BCUT2D eigenvalue weighted by Crippen LogP contribution is 2.18. The zero-order valence-corrected chi connectivity index (χ0v) is 14.5. The number of anilines is 1. The minimum atomic E-state index is -0.328. The summed E-state index contributed by atoms with van der Waals surface area (Å²) in [7, 11) is 0. The van der Waals surface area contributed by atoms with Gasteiger partial charge in [-0.05, 0) is 36.4 Å². The molecule has 126 valence electrons. The third-order valence-corrected chi connectivity index (χ3v) is 3.97. The lowest BCUT2D eigenvalue weighted by atomic mass is 10.1. The lowest BCUT2D eigenvalue weighted by Gasteiger charge is -2.08. The van der Waals surface area contributed by atoms with E-state index in [-0.39, 0.29) is 18.0 Å². The fourth-order valence-corrected chi connectivity index (χ4v) is 2.46. The van der Waals surface area contributed by atoms with Crippen LogP contribution in [0.4, 0.5) is 5.69 Å². The highest BCUT2D eigenvalue weighted by molar-refractivity contribution is 6.30. The van der Waals surface area contributed by atoms with Crippen LogP contribution in [-0.2, 0) is 11.3 Å². The molecule has 0 unspecified atom stereocenters. The van der Waals surface area contributed by atoms with Crippen LogP contribution in [0.1, 0.15) is 0 Å². The van der Waals surface area contributed by atoms with Gasteiger partial charge in [0.05, 0.1) is 12.0 Å². The zero-order valence-electron chi connectivity index (χ0n) is 12.9. The second-order valence-corrected chi connectivity index (χ2v) is 6.18. The van der Waals surface area contributed by atoms with E-state index in [0.29, 0.717) is 21.4 Å². The van der Waals surface area contributed by atoms with Gasteiger partial charge in [-0.2, -0.15) is 0 Å². The second-order valence-electron chi connectivity index (χ2n) is 5.30. The summed E-state index contributed by atoms with van der Waals surface area (Å²) in [5.74, 6) is -0.328. The van der Waals surface area contributed by atoms with E-state index in [4.69, 9.17) is 23.2 Å².